The van der Waals surface area contributed by atoms with Crippen LogP contribution in [0.15, 0.2) is 34.9 Å². The molecule has 1 aliphatic rings. The van der Waals surface area contributed by atoms with Crippen molar-refractivity contribution in [1.29, 1.82) is 0 Å². The summed E-state index contributed by atoms with van der Waals surface area (Å²) in [6.07, 6.45) is 2.63. The third-order valence-electron chi connectivity index (χ3n) is 4.53. The minimum atomic E-state index is 0.670. The van der Waals surface area contributed by atoms with Crippen molar-refractivity contribution in [1.82, 2.24) is 19.9 Å². The van der Waals surface area contributed by atoms with Crippen LogP contribution >= 0.6 is 0 Å². The number of rotatable bonds is 6. The van der Waals surface area contributed by atoms with E-state index in [4.69, 9.17) is 4.52 Å². The third-order valence-corrected chi connectivity index (χ3v) is 4.53. The predicted molar refractivity (Wildman–Crippen MR) is 90.9 cm³/mol. The summed E-state index contributed by atoms with van der Waals surface area (Å²) < 4.78 is 5.41. The molecule has 5 nitrogen and oxygen atoms in total. The molecule has 1 saturated heterocycles. The molecule has 1 aromatic heterocycles. The van der Waals surface area contributed by atoms with E-state index in [1.807, 2.05) is 30.3 Å². The number of aromatic nitrogens is 2. The molecule has 0 saturated carbocycles. The Kier molecular flexibility index (Phi) is 5.41. The zero-order valence-electron chi connectivity index (χ0n) is 14.1. The molecule has 0 bridgehead atoms. The number of likely N-dealkylation sites (tertiary alicyclic amines) is 1. The largest absolute Gasteiger partial charge is 0.338 e. The molecular weight excluding hydrogens is 288 g/mol. The predicted octanol–water partition coefficient (Wildman–Crippen LogP) is 2.90. The molecule has 0 spiro atoms. The minimum Gasteiger partial charge on any atom is -0.338 e. The van der Waals surface area contributed by atoms with E-state index in [-0.39, 0.29) is 0 Å². The van der Waals surface area contributed by atoms with Gasteiger partial charge in [-0.05, 0) is 38.9 Å². The van der Waals surface area contributed by atoms with Crippen molar-refractivity contribution < 1.29 is 4.52 Å². The number of piperidine rings is 1. The van der Waals surface area contributed by atoms with Gasteiger partial charge in [-0.15, -0.1) is 0 Å². The Labute approximate surface area is 138 Å². The average Bonchev–Trinajstić information content (AvgIpc) is 3.04. The van der Waals surface area contributed by atoms with Gasteiger partial charge in [-0.3, -0.25) is 4.90 Å². The highest BCUT2D eigenvalue weighted by molar-refractivity contribution is 5.53. The van der Waals surface area contributed by atoms with Crippen LogP contribution in [0.25, 0.3) is 11.4 Å². The number of hydrogen-bond acceptors (Lipinski definition) is 5. The molecule has 23 heavy (non-hydrogen) atoms. The van der Waals surface area contributed by atoms with Gasteiger partial charge in [0.1, 0.15) is 0 Å². The minimum absolute atomic E-state index is 0.670. The van der Waals surface area contributed by atoms with Crippen LogP contribution in [0, 0.1) is 5.92 Å². The van der Waals surface area contributed by atoms with Crippen LogP contribution in [0.1, 0.15) is 25.7 Å². The van der Waals surface area contributed by atoms with Crippen molar-refractivity contribution in [2.45, 2.75) is 26.3 Å². The van der Waals surface area contributed by atoms with Gasteiger partial charge in [-0.2, -0.15) is 4.98 Å². The first kappa shape index (κ1) is 16.1. The second-order valence-electron chi connectivity index (χ2n) is 6.48. The van der Waals surface area contributed by atoms with Gasteiger partial charge in [0.2, 0.25) is 11.7 Å². The van der Waals surface area contributed by atoms with Crippen molar-refractivity contribution in [2.75, 3.05) is 33.2 Å². The van der Waals surface area contributed by atoms with E-state index in [9.17, 15) is 0 Å². The molecule has 1 aliphatic heterocycles. The van der Waals surface area contributed by atoms with Crippen molar-refractivity contribution in [3.63, 3.8) is 0 Å². The topological polar surface area (TPSA) is 45.4 Å². The molecule has 2 heterocycles. The highest BCUT2D eigenvalue weighted by atomic mass is 16.5. The van der Waals surface area contributed by atoms with Crippen LogP contribution < -0.4 is 0 Å². The molecule has 5 heteroatoms. The van der Waals surface area contributed by atoms with E-state index in [2.05, 4.69) is 33.9 Å². The van der Waals surface area contributed by atoms with Gasteiger partial charge in [-0.25, -0.2) is 0 Å². The van der Waals surface area contributed by atoms with Crippen LogP contribution in [0.4, 0.5) is 0 Å². The van der Waals surface area contributed by atoms with Crippen LogP contribution in [-0.2, 0) is 6.54 Å². The van der Waals surface area contributed by atoms with Gasteiger partial charge in [0.15, 0.2) is 0 Å². The van der Waals surface area contributed by atoms with Gasteiger partial charge in [0.05, 0.1) is 6.54 Å². The zero-order valence-corrected chi connectivity index (χ0v) is 14.1. The molecule has 124 valence electrons. The van der Waals surface area contributed by atoms with E-state index in [0.717, 1.165) is 24.6 Å². The van der Waals surface area contributed by atoms with Crippen LogP contribution in [0.5, 0.6) is 0 Å². The lowest BCUT2D eigenvalue weighted by molar-refractivity contribution is 0.140. The molecule has 1 aromatic carbocycles. The molecule has 0 amide bonds. The summed E-state index contributed by atoms with van der Waals surface area (Å²) in [6.45, 7) is 7.66. The molecule has 3 rings (SSSR count). The first-order valence-corrected chi connectivity index (χ1v) is 8.53. The molecule has 1 atom stereocenters. The standard InChI is InChI=1S/C18H26N4O/c1-3-22-11-7-8-15(13-22)12-21(2)14-17-19-18(20-23-17)16-9-5-4-6-10-16/h4-6,9-10,15H,3,7-8,11-14H2,1-2H3. The van der Waals surface area contributed by atoms with Crippen molar-refractivity contribution in [3.8, 4) is 11.4 Å². The molecule has 1 unspecified atom stereocenters. The van der Waals surface area contributed by atoms with E-state index in [1.165, 1.54) is 25.9 Å². The summed E-state index contributed by atoms with van der Waals surface area (Å²) in [5.41, 5.74) is 0.996. The smallest absolute Gasteiger partial charge is 0.241 e. The molecule has 0 N–H and O–H groups in total. The summed E-state index contributed by atoms with van der Waals surface area (Å²) in [6, 6.07) is 9.96. The second-order valence-corrected chi connectivity index (χ2v) is 6.48. The maximum atomic E-state index is 5.41. The summed E-state index contributed by atoms with van der Waals surface area (Å²) in [4.78, 5) is 9.36. The van der Waals surface area contributed by atoms with Crippen molar-refractivity contribution >= 4 is 0 Å². The van der Waals surface area contributed by atoms with E-state index in [0.29, 0.717) is 18.3 Å². The maximum Gasteiger partial charge on any atom is 0.241 e. The van der Waals surface area contributed by atoms with Gasteiger partial charge in [0.25, 0.3) is 0 Å². The highest BCUT2D eigenvalue weighted by Gasteiger charge is 2.20. The van der Waals surface area contributed by atoms with Crippen LogP contribution in [-0.4, -0.2) is 53.2 Å². The Balaban J connectivity index is 1.54. The molecular formula is C18H26N4O. The maximum absolute atomic E-state index is 5.41. The average molecular weight is 314 g/mol. The fourth-order valence-electron chi connectivity index (χ4n) is 3.35. The first-order chi connectivity index (χ1) is 11.2. The number of hydrogen-bond donors (Lipinski definition) is 0. The van der Waals surface area contributed by atoms with Gasteiger partial charge >= 0.3 is 0 Å². The Hall–Kier alpha value is -1.72. The van der Waals surface area contributed by atoms with E-state index >= 15 is 0 Å². The Morgan fingerprint density at radius 1 is 1.30 bits per heavy atom. The third kappa shape index (κ3) is 4.39. The van der Waals surface area contributed by atoms with Crippen LogP contribution in [0.3, 0.4) is 0 Å². The highest BCUT2D eigenvalue weighted by Crippen LogP contribution is 2.19. The molecule has 0 radical (unpaired) electrons. The number of nitrogens with zero attached hydrogens (tertiary/aromatic N) is 4. The monoisotopic (exact) mass is 314 g/mol. The fraction of sp³-hybridized carbons (Fsp3) is 0.556. The van der Waals surface area contributed by atoms with Gasteiger partial charge in [-0.1, -0.05) is 42.4 Å². The SMILES string of the molecule is CCN1CCCC(CN(C)Cc2nc(-c3ccccc3)no2)C1. The summed E-state index contributed by atoms with van der Waals surface area (Å²) in [5, 5.41) is 4.09. The van der Waals surface area contributed by atoms with Gasteiger partial charge in [0, 0.05) is 18.7 Å². The van der Waals surface area contributed by atoms with Gasteiger partial charge < -0.3 is 9.42 Å². The zero-order chi connectivity index (χ0) is 16.1. The molecule has 1 fully saturated rings. The molecule has 2 aromatic rings. The van der Waals surface area contributed by atoms with E-state index in [1.54, 1.807) is 0 Å². The fourth-order valence-corrected chi connectivity index (χ4v) is 3.35. The van der Waals surface area contributed by atoms with Crippen molar-refractivity contribution in [3.05, 3.63) is 36.2 Å². The summed E-state index contributed by atoms with van der Waals surface area (Å²) in [7, 11) is 2.14. The normalized spacial score (nSPS) is 19.3. The lowest BCUT2D eigenvalue weighted by atomic mass is 9.97. The van der Waals surface area contributed by atoms with E-state index < -0.39 is 0 Å². The van der Waals surface area contributed by atoms with Crippen molar-refractivity contribution in [2.24, 2.45) is 5.92 Å². The molecule has 0 aliphatic carbocycles. The quantitative estimate of drug-likeness (QED) is 0.820. The first-order valence-electron chi connectivity index (χ1n) is 8.53. The lowest BCUT2D eigenvalue weighted by Crippen LogP contribution is -2.39. The Bertz CT molecular complexity index is 598. The second kappa shape index (κ2) is 7.70. The summed E-state index contributed by atoms with van der Waals surface area (Å²) >= 11 is 0. The Morgan fingerprint density at radius 2 is 2.13 bits per heavy atom. The number of benzene rings is 1. The van der Waals surface area contributed by atoms with Crippen LogP contribution in [0.2, 0.25) is 0 Å². The summed E-state index contributed by atoms with van der Waals surface area (Å²) in [5.74, 6) is 2.10. The lowest BCUT2D eigenvalue weighted by Gasteiger charge is -2.33. The Morgan fingerprint density at radius 3 is 2.91 bits per heavy atom.